The lowest BCUT2D eigenvalue weighted by Crippen LogP contribution is -2.48. The first-order valence-corrected chi connectivity index (χ1v) is 7.24. The zero-order chi connectivity index (χ0) is 14.8. The predicted octanol–water partition coefficient (Wildman–Crippen LogP) is 2.42. The highest BCUT2D eigenvalue weighted by atomic mass is 35.5. The summed E-state index contributed by atoms with van der Waals surface area (Å²) in [5.74, 6) is 0.119. The van der Waals surface area contributed by atoms with Crippen molar-refractivity contribution < 1.29 is 9.32 Å². The molecule has 1 fully saturated rings. The monoisotopic (exact) mass is 305 g/mol. The van der Waals surface area contributed by atoms with Gasteiger partial charge in [-0.3, -0.25) is 4.79 Å². The van der Waals surface area contributed by atoms with E-state index in [0.717, 1.165) is 12.1 Å². The second kappa shape index (κ2) is 5.87. The molecule has 1 aliphatic rings. The van der Waals surface area contributed by atoms with Gasteiger partial charge in [0.25, 0.3) is 5.91 Å². The third kappa shape index (κ3) is 2.80. The predicted molar refractivity (Wildman–Crippen MR) is 79.3 cm³/mol. The molecule has 1 amide bonds. The van der Waals surface area contributed by atoms with Crippen molar-refractivity contribution >= 4 is 17.5 Å². The maximum Gasteiger partial charge on any atom is 0.293 e. The van der Waals surface area contributed by atoms with Crippen molar-refractivity contribution in [2.24, 2.45) is 0 Å². The minimum atomic E-state index is -0.151. The molecule has 110 valence electrons. The highest BCUT2D eigenvalue weighted by molar-refractivity contribution is 6.31. The molecule has 0 spiro atoms. The van der Waals surface area contributed by atoms with Gasteiger partial charge in [-0.05, 0) is 18.6 Å². The number of benzene rings is 1. The van der Waals surface area contributed by atoms with Gasteiger partial charge < -0.3 is 14.7 Å². The topological polar surface area (TPSA) is 58.4 Å². The van der Waals surface area contributed by atoms with Gasteiger partial charge in [0.1, 0.15) is 0 Å². The van der Waals surface area contributed by atoms with Crippen LogP contribution in [-0.2, 0) is 0 Å². The number of nitrogens with zero attached hydrogens (tertiary/aromatic N) is 2. The lowest BCUT2D eigenvalue weighted by atomic mass is 10.0. The van der Waals surface area contributed by atoms with Crippen LogP contribution < -0.4 is 5.32 Å². The second-order valence-corrected chi connectivity index (χ2v) is 5.48. The van der Waals surface area contributed by atoms with Crippen LogP contribution in [0.15, 0.2) is 34.9 Å². The maximum absolute atomic E-state index is 12.6. The molecular weight excluding hydrogens is 290 g/mol. The summed E-state index contributed by atoms with van der Waals surface area (Å²) in [6, 6.07) is 9.16. The molecule has 0 radical (unpaired) electrons. The van der Waals surface area contributed by atoms with E-state index < -0.39 is 0 Å². The number of carbonyl (C=O) groups is 1. The third-order valence-electron chi connectivity index (χ3n) is 3.61. The van der Waals surface area contributed by atoms with E-state index in [-0.39, 0.29) is 17.7 Å². The van der Waals surface area contributed by atoms with Gasteiger partial charge in [0, 0.05) is 30.7 Å². The first-order chi connectivity index (χ1) is 10.2. The Morgan fingerprint density at radius 2 is 2.29 bits per heavy atom. The second-order valence-electron chi connectivity index (χ2n) is 5.07. The molecule has 1 N–H and O–H groups in total. The van der Waals surface area contributed by atoms with Crippen LogP contribution in [0.4, 0.5) is 0 Å². The van der Waals surface area contributed by atoms with E-state index in [1.807, 2.05) is 24.3 Å². The zero-order valence-electron chi connectivity index (χ0n) is 11.7. The standard InChI is InChI=1S/C15H16ClN3O2/c1-10-8-14(21-18-10)15(20)19-7-6-17-9-13(19)11-4-2-3-5-12(11)16/h2-5,8,13,17H,6-7,9H2,1H3. The van der Waals surface area contributed by atoms with Crippen molar-refractivity contribution in [2.75, 3.05) is 19.6 Å². The summed E-state index contributed by atoms with van der Waals surface area (Å²) in [4.78, 5) is 14.4. The number of hydrogen-bond acceptors (Lipinski definition) is 4. The highest BCUT2D eigenvalue weighted by Crippen LogP contribution is 2.29. The quantitative estimate of drug-likeness (QED) is 0.926. The van der Waals surface area contributed by atoms with Gasteiger partial charge in [-0.1, -0.05) is 35.0 Å². The number of halogens is 1. The van der Waals surface area contributed by atoms with Crippen molar-refractivity contribution in [2.45, 2.75) is 13.0 Å². The van der Waals surface area contributed by atoms with Crippen LogP contribution in [0.2, 0.25) is 5.02 Å². The number of piperazine rings is 1. The number of hydrogen-bond donors (Lipinski definition) is 1. The SMILES string of the molecule is Cc1cc(C(=O)N2CCNCC2c2ccccc2Cl)on1. The Hall–Kier alpha value is -1.85. The van der Waals surface area contributed by atoms with Crippen LogP contribution in [0, 0.1) is 6.92 Å². The first-order valence-electron chi connectivity index (χ1n) is 6.86. The van der Waals surface area contributed by atoms with Gasteiger partial charge in [0.05, 0.1) is 11.7 Å². The molecule has 6 heteroatoms. The molecule has 1 aromatic carbocycles. The van der Waals surface area contributed by atoms with Crippen LogP contribution in [0.3, 0.4) is 0 Å². The van der Waals surface area contributed by atoms with E-state index in [4.69, 9.17) is 16.1 Å². The summed E-state index contributed by atoms with van der Waals surface area (Å²) in [5.41, 5.74) is 1.64. The molecular formula is C15H16ClN3O2. The van der Waals surface area contributed by atoms with Gasteiger partial charge in [-0.15, -0.1) is 0 Å². The summed E-state index contributed by atoms with van der Waals surface area (Å²) in [7, 11) is 0. The molecule has 1 aromatic heterocycles. The largest absolute Gasteiger partial charge is 0.351 e. The van der Waals surface area contributed by atoms with Gasteiger partial charge >= 0.3 is 0 Å². The van der Waals surface area contributed by atoms with Gasteiger partial charge in [0.2, 0.25) is 5.76 Å². The molecule has 0 aliphatic carbocycles. The fourth-order valence-corrected chi connectivity index (χ4v) is 2.84. The van der Waals surface area contributed by atoms with Crippen LogP contribution in [0.1, 0.15) is 27.9 Å². The molecule has 2 heterocycles. The van der Waals surface area contributed by atoms with E-state index in [1.54, 1.807) is 17.9 Å². The summed E-state index contributed by atoms with van der Waals surface area (Å²) in [6.07, 6.45) is 0. The molecule has 21 heavy (non-hydrogen) atoms. The summed E-state index contributed by atoms with van der Waals surface area (Å²) >= 11 is 6.28. The third-order valence-corrected chi connectivity index (χ3v) is 3.95. The van der Waals surface area contributed by atoms with E-state index in [0.29, 0.717) is 23.8 Å². The van der Waals surface area contributed by atoms with E-state index >= 15 is 0 Å². The molecule has 1 aliphatic heterocycles. The molecule has 1 atom stereocenters. The number of carbonyl (C=O) groups excluding carboxylic acids is 1. The molecule has 5 nitrogen and oxygen atoms in total. The van der Waals surface area contributed by atoms with Crippen molar-refractivity contribution in [1.82, 2.24) is 15.4 Å². The number of nitrogens with one attached hydrogen (secondary N) is 1. The Kier molecular flexibility index (Phi) is 3.94. The van der Waals surface area contributed by atoms with Crippen LogP contribution in [0.5, 0.6) is 0 Å². The van der Waals surface area contributed by atoms with Crippen molar-refractivity contribution in [3.05, 3.63) is 52.4 Å². The molecule has 2 aromatic rings. The Morgan fingerprint density at radius 1 is 1.48 bits per heavy atom. The summed E-state index contributed by atoms with van der Waals surface area (Å²) < 4.78 is 5.10. The van der Waals surface area contributed by atoms with Gasteiger partial charge in [-0.25, -0.2) is 0 Å². The van der Waals surface area contributed by atoms with Gasteiger partial charge in [0.15, 0.2) is 0 Å². The van der Waals surface area contributed by atoms with E-state index in [9.17, 15) is 4.79 Å². The van der Waals surface area contributed by atoms with Crippen molar-refractivity contribution in [3.8, 4) is 0 Å². The van der Waals surface area contributed by atoms with Crippen molar-refractivity contribution in [3.63, 3.8) is 0 Å². The Bertz CT molecular complexity index is 656. The maximum atomic E-state index is 12.6. The molecule has 0 saturated carbocycles. The van der Waals surface area contributed by atoms with Crippen molar-refractivity contribution in [1.29, 1.82) is 0 Å². The molecule has 0 bridgehead atoms. The minimum Gasteiger partial charge on any atom is -0.351 e. The van der Waals surface area contributed by atoms with Crippen LogP contribution in [0.25, 0.3) is 0 Å². The van der Waals surface area contributed by atoms with Crippen LogP contribution >= 0.6 is 11.6 Å². The smallest absolute Gasteiger partial charge is 0.293 e. The Balaban J connectivity index is 1.92. The number of aryl methyl sites for hydroxylation is 1. The molecule has 1 saturated heterocycles. The number of amides is 1. The Morgan fingerprint density at radius 3 is 3.00 bits per heavy atom. The van der Waals surface area contributed by atoms with Crippen LogP contribution in [-0.4, -0.2) is 35.6 Å². The average Bonchev–Trinajstić information content (AvgIpc) is 2.94. The minimum absolute atomic E-state index is 0.106. The Labute approximate surface area is 127 Å². The fraction of sp³-hybridized carbons (Fsp3) is 0.333. The normalized spacial score (nSPS) is 18.8. The lowest BCUT2D eigenvalue weighted by Gasteiger charge is -2.36. The summed E-state index contributed by atoms with van der Waals surface area (Å²) in [5, 5.41) is 7.75. The summed E-state index contributed by atoms with van der Waals surface area (Å²) in [6.45, 7) is 3.82. The average molecular weight is 306 g/mol. The highest BCUT2D eigenvalue weighted by Gasteiger charge is 2.31. The van der Waals surface area contributed by atoms with Gasteiger partial charge in [-0.2, -0.15) is 0 Å². The molecule has 3 rings (SSSR count). The lowest BCUT2D eigenvalue weighted by molar-refractivity contribution is 0.0592. The van der Waals surface area contributed by atoms with E-state index in [1.165, 1.54) is 0 Å². The molecule has 1 unspecified atom stereocenters. The zero-order valence-corrected chi connectivity index (χ0v) is 12.4. The fourth-order valence-electron chi connectivity index (χ4n) is 2.58. The first kappa shape index (κ1) is 14.1. The number of aromatic nitrogens is 1. The van der Waals surface area contributed by atoms with E-state index in [2.05, 4.69) is 10.5 Å². The number of rotatable bonds is 2.